The lowest BCUT2D eigenvalue weighted by atomic mass is 10.1. The van der Waals surface area contributed by atoms with Gasteiger partial charge < -0.3 is 9.73 Å². The highest BCUT2D eigenvalue weighted by atomic mass is 32.1. The number of aryl methyl sites for hydroxylation is 1. The third-order valence-electron chi connectivity index (χ3n) is 2.55. The molecule has 0 fully saturated rings. The van der Waals surface area contributed by atoms with E-state index in [1.54, 1.807) is 0 Å². The van der Waals surface area contributed by atoms with Crippen LogP contribution in [0.5, 0.6) is 0 Å². The van der Waals surface area contributed by atoms with E-state index in [0.717, 1.165) is 30.0 Å². The van der Waals surface area contributed by atoms with Crippen LogP contribution in [0.15, 0.2) is 4.42 Å². The Morgan fingerprint density at radius 3 is 2.68 bits per heavy atom. The molecular formula is C12H19N5OS. The van der Waals surface area contributed by atoms with Crippen molar-refractivity contribution in [1.82, 2.24) is 25.1 Å². The normalized spacial score (nSPS) is 12.0. The number of nitrogens with one attached hydrogen (secondary N) is 1. The summed E-state index contributed by atoms with van der Waals surface area (Å²) in [5.41, 5.74) is 1.01. The van der Waals surface area contributed by atoms with Gasteiger partial charge in [-0.1, -0.05) is 11.4 Å². The van der Waals surface area contributed by atoms with E-state index < -0.39 is 0 Å². The molecule has 0 aliphatic rings. The van der Waals surface area contributed by atoms with Gasteiger partial charge in [0.2, 0.25) is 5.89 Å². The molecule has 0 saturated carbocycles. The van der Waals surface area contributed by atoms with Crippen molar-refractivity contribution in [2.24, 2.45) is 0 Å². The van der Waals surface area contributed by atoms with Crippen molar-refractivity contribution >= 4 is 11.5 Å². The first-order valence-electron chi connectivity index (χ1n) is 6.38. The monoisotopic (exact) mass is 281 g/mol. The van der Waals surface area contributed by atoms with Crippen molar-refractivity contribution in [3.8, 4) is 10.8 Å². The van der Waals surface area contributed by atoms with E-state index in [9.17, 15) is 0 Å². The van der Waals surface area contributed by atoms with Gasteiger partial charge in [-0.2, -0.15) is 0 Å². The van der Waals surface area contributed by atoms with Crippen LogP contribution in [-0.4, -0.2) is 31.9 Å². The second kappa shape index (κ2) is 5.75. The number of hydrogen-bond acceptors (Lipinski definition) is 7. The van der Waals surface area contributed by atoms with Crippen LogP contribution in [0.3, 0.4) is 0 Å². The molecule has 0 aliphatic carbocycles. The van der Waals surface area contributed by atoms with Gasteiger partial charge in [0.25, 0.3) is 5.89 Å². The Hall–Kier alpha value is -1.34. The maximum absolute atomic E-state index is 5.65. The molecule has 0 aliphatic heterocycles. The molecule has 0 atom stereocenters. The quantitative estimate of drug-likeness (QED) is 0.904. The predicted octanol–water partition coefficient (Wildman–Crippen LogP) is 2.08. The SMILES string of the molecule is CCc1nnsc1-c1nnc(CCNC(C)(C)C)o1. The van der Waals surface area contributed by atoms with E-state index in [1.165, 1.54) is 11.5 Å². The molecule has 0 bridgehead atoms. The molecule has 2 aromatic rings. The fraction of sp³-hybridized carbons (Fsp3) is 0.667. The fourth-order valence-corrected chi connectivity index (χ4v) is 2.27. The third-order valence-corrected chi connectivity index (χ3v) is 3.30. The van der Waals surface area contributed by atoms with E-state index in [2.05, 4.69) is 45.9 Å². The summed E-state index contributed by atoms with van der Waals surface area (Å²) in [6, 6.07) is 0. The van der Waals surface area contributed by atoms with Gasteiger partial charge in [-0.05, 0) is 38.7 Å². The average Bonchev–Trinajstić information content (AvgIpc) is 2.93. The molecule has 1 N–H and O–H groups in total. The van der Waals surface area contributed by atoms with E-state index in [0.29, 0.717) is 11.8 Å². The second-order valence-corrected chi connectivity index (χ2v) is 6.08. The summed E-state index contributed by atoms with van der Waals surface area (Å²) in [5, 5.41) is 15.6. The highest BCUT2D eigenvalue weighted by Crippen LogP contribution is 2.25. The smallest absolute Gasteiger partial charge is 0.261 e. The zero-order valence-corrected chi connectivity index (χ0v) is 12.5. The van der Waals surface area contributed by atoms with Crippen molar-refractivity contribution in [1.29, 1.82) is 0 Å². The molecule has 6 nitrogen and oxygen atoms in total. The zero-order chi connectivity index (χ0) is 13.9. The molecule has 0 aromatic carbocycles. The Labute approximate surface area is 116 Å². The van der Waals surface area contributed by atoms with Crippen LogP contribution in [-0.2, 0) is 12.8 Å². The van der Waals surface area contributed by atoms with Crippen LogP contribution < -0.4 is 5.32 Å². The van der Waals surface area contributed by atoms with Gasteiger partial charge >= 0.3 is 0 Å². The molecule has 2 heterocycles. The predicted molar refractivity (Wildman–Crippen MR) is 74.0 cm³/mol. The maximum atomic E-state index is 5.65. The van der Waals surface area contributed by atoms with Crippen LogP contribution in [0.1, 0.15) is 39.3 Å². The fourth-order valence-electron chi connectivity index (χ4n) is 1.59. The Bertz CT molecular complexity index is 528. The largest absolute Gasteiger partial charge is 0.420 e. The minimum atomic E-state index is 0.0970. The molecule has 0 amide bonds. The van der Waals surface area contributed by atoms with Gasteiger partial charge in [0.1, 0.15) is 4.88 Å². The van der Waals surface area contributed by atoms with E-state index >= 15 is 0 Å². The molecule has 0 saturated heterocycles. The highest BCUT2D eigenvalue weighted by Gasteiger charge is 2.16. The zero-order valence-electron chi connectivity index (χ0n) is 11.7. The summed E-state index contributed by atoms with van der Waals surface area (Å²) in [6.45, 7) is 9.23. The third kappa shape index (κ3) is 3.81. The van der Waals surface area contributed by atoms with Gasteiger partial charge in [0.15, 0.2) is 0 Å². The molecule has 19 heavy (non-hydrogen) atoms. The van der Waals surface area contributed by atoms with Crippen molar-refractivity contribution in [3.05, 3.63) is 11.6 Å². The number of rotatable bonds is 5. The van der Waals surface area contributed by atoms with Gasteiger partial charge in [-0.15, -0.1) is 15.3 Å². The van der Waals surface area contributed by atoms with Gasteiger partial charge in [0, 0.05) is 18.5 Å². The summed E-state index contributed by atoms with van der Waals surface area (Å²) in [6.07, 6.45) is 1.53. The van der Waals surface area contributed by atoms with Crippen LogP contribution in [0.4, 0.5) is 0 Å². The topological polar surface area (TPSA) is 76.7 Å². The highest BCUT2D eigenvalue weighted by molar-refractivity contribution is 7.09. The van der Waals surface area contributed by atoms with Crippen LogP contribution in [0.2, 0.25) is 0 Å². The van der Waals surface area contributed by atoms with E-state index in [4.69, 9.17) is 4.42 Å². The minimum Gasteiger partial charge on any atom is -0.420 e. The summed E-state index contributed by atoms with van der Waals surface area (Å²) >= 11 is 1.30. The lowest BCUT2D eigenvalue weighted by Gasteiger charge is -2.19. The summed E-state index contributed by atoms with van der Waals surface area (Å²) in [4.78, 5) is 0.880. The maximum Gasteiger partial charge on any atom is 0.261 e. The summed E-state index contributed by atoms with van der Waals surface area (Å²) in [5.74, 6) is 1.17. The Kier molecular flexibility index (Phi) is 4.26. The first-order chi connectivity index (χ1) is 8.99. The number of nitrogens with zero attached hydrogens (tertiary/aromatic N) is 4. The lowest BCUT2D eigenvalue weighted by molar-refractivity contribution is 0.412. The van der Waals surface area contributed by atoms with Crippen molar-refractivity contribution < 1.29 is 4.42 Å². The molecule has 0 spiro atoms. The first kappa shape index (κ1) is 14.1. The standard InChI is InChI=1S/C12H19N5OS/c1-5-8-10(19-17-14-8)11-16-15-9(18-11)6-7-13-12(2,3)4/h13H,5-7H2,1-4H3. The van der Waals surface area contributed by atoms with Crippen molar-refractivity contribution in [2.75, 3.05) is 6.54 Å². The number of aromatic nitrogens is 4. The summed E-state index contributed by atoms with van der Waals surface area (Å²) in [7, 11) is 0. The van der Waals surface area contributed by atoms with Gasteiger partial charge in [-0.25, -0.2) is 0 Å². The molecule has 2 aromatic heterocycles. The molecule has 104 valence electrons. The van der Waals surface area contributed by atoms with Crippen LogP contribution in [0.25, 0.3) is 10.8 Å². The lowest BCUT2D eigenvalue weighted by Crippen LogP contribution is -2.37. The Morgan fingerprint density at radius 2 is 2.00 bits per heavy atom. The van der Waals surface area contributed by atoms with Crippen LogP contribution in [0, 0.1) is 0 Å². The van der Waals surface area contributed by atoms with E-state index in [1.807, 2.05) is 6.92 Å². The molecular weight excluding hydrogens is 262 g/mol. The number of hydrogen-bond donors (Lipinski definition) is 1. The second-order valence-electron chi connectivity index (χ2n) is 5.33. The molecule has 0 radical (unpaired) electrons. The Morgan fingerprint density at radius 1 is 1.21 bits per heavy atom. The molecule has 2 rings (SSSR count). The molecule has 0 unspecified atom stereocenters. The van der Waals surface area contributed by atoms with Crippen LogP contribution >= 0.6 is 11.5 Å². The summed E-state index contributed by atoms with van der Waals surface area (Å²) < 4.78 is 9.58. The Balaban J connectivity index is 2.00. The van der Waals surface area contributed by atoms with Crippen molar-refractivity contribution in [2.45, 2.75) is 46.1 Å². The minimum absolute atomic E-state index is 0.0970. The van der Waals surface area contributed by atoms with Gasteiger partial charge in [0.05, 0.1) is 5.69 Å². The molecule has 7 heteroatoms. The first-order valence-corrected chi connectivity index (χ1v) is 7.16. The van der Waals surface area contributed by atoms with Crippen molar-refractivity contribution in [3.63, 3.8) is 0 Å². The average molecular weight is 281 g/mol. The van der Waals surface area contributed by atoms with E-state index in [-0.39, 0.29) is 5.54 Å². The van der Waals surface area contributed by atoms with Gasteiger partial charge in [-0.3, -0.25) is 0 Å².